The Bertz CT molecular complexity index is 699. The Kier molecular flexibility index (Phi) is 5.95. The van der Waals surface area contributed by atoms with E-state index in [1.54, 1.807) is 41.8 Å². The highest BCUT2D eigenvalue weighted by Gasteiger charge is 2.13. The molecule has 5 heteroatoms. The summed E-state index contributed by atoms with van der Waals surface area (Å²) in [6.07, 6.45) is 1.68. The molecule has 0 aliphatic heterocycles. The largest absolute Gasteiger partial charge is 0.504 e. The smallest absolute Gasteiger partial charge is 0.161 e. The first-order valence-corrected chi connectivity index (χ1v) is 7.35. The molecule has 0 radical (unpaired) electrons. The van der Waals surface area contributed by atoms with Gasteiger partial charge in [-0.1, -0.05) is 6.07 Å². The lowest BCUT2D eigenvalue weighted by atomic mass is 9.98. The normalized spacial score (nSPS) is 11.0. The van der Waals surface area contributed by atoms with Crippen LogP contribution in [0.4, 0.5) is 0 Å². The molecule has 0 N–H and O–H groups in total. The molecule has 2 aromatic carbocycles. The Morgan fingerprint density at radius 1 is 0.667 bits per heavy atom. The van der Waals surface area contributed by atoms with E-state index >= 15 is 0 Å². The molecule has 24 heavy (non-hydrogen) atoms. The second kappa shape index (κ2) is 8.15. The maximum Gasteiger partial charge on any atom is 0.161 e. The molecule has 0 saturated carbocycles. The Hall–Kier alpha value is -2.82. The summed E-state index contributed by atoms with van der Waals surface area (Å²) in [5.74, 6) is 2.71. The monoisotopic (exact) mass is 330 g/mol. The summed E-state index contributed by atoms with van der Waals surface area (Å²) in [5.41, 5.74) is 2.70. The third-order valence-corrected chi connectivity index (χ3v) is 3.59. The van der Waals surface area contributed by atoms with Crippen LogP contribution in [-0.2, 0) is 4.74 Å². The van der Waals surface area contributed by atoms with Gasteiger partial charge in [0.2, 0.25) is 0 Å². The highest BCUT2D eigenvalue weighted by Crippen LogP contribution is 2.35. The van der Waals surface area contributed by atoms with Gasteiger partial charge in [0.15, 0.2) is 11.5 Å². The first-order chi connectivity index (χ1) is 11.7. The predicted octanol–water partition coefficient (Wildman–Crippen LogP) is 3.76. The highest BCUT2D eigenvalue weighted by atomic mass is 16.5. The van der Waals surface area contributed by atoms with Crippen LogP contribution < -0.4 is 18.9 Å². The van der Waals surface area contributed by atoms with Gasteiger partial charge in [0.25, 0.3) is 0 Å². The van der Waals surface area contributed by atoms with Crippen molar-refractivity contribution < 1.29 is 23.7 Å². The van der Waals surface area contributed by atoms with Crippen molar-refractivity contribution in [1.82, 2.24) is 0 Å². The molecule has 0 amide bonds. The van der Waals surface area contributed by atoms with Crippen molar-refractivity contribution in [2.45, 2.75) is 0 Å². The zero-order chi connectivity index (χ0) is 17.5. The van der Waals surface area contributed by atoms with Gasteiger partial charge in [0.05, 0.1) is 41.8 Å². The van der Waals surface area contributed by atoms with Crippen LogP contribution in [0, 0.1) is 0 Å². The van der Waals surface area contributed by atoms with Crippen molar-refractivity contribution in [3.63, 3.8) is 0 Å². The molecule has 0 spiro atoms. The van der Waals surface area contributed by atoms with Crippen molar-refractivity contribution >= 4 is 5.57 Å². The van der Waals surface area contributed by atoms with E-state index in [4.69, 9.17) is 23.7 Å². The zero-order valence-corrected chi connectivity index (χ0v) is 14.6. The van der Waals surface area contributed by atoms with Crippen LogP contribution in [0.3, 0.4) is 0 Å². The van der Waals surface area contributed by atoms with E-state index in [0.717, 1.165) is 16.7 Å². The van der Waals surface area contributed by atoms with Gasteiger partial charge in [0, 0.05) is 11.6 Å². The second-order valence-corrected chi connectivity index (χ2v) is 4.94. The van der Waals surface area contributed by atoms with E-state index in [1.165, 1.54) is 0 Å². The van der Waals surface area contributed by atoms with Crippen molar-refractivity contribution in [1.29, 1.82) is 0 Å². The van der Waals surface area contributed by atoms with Crippen molar-refractivity contribution in [3.8, 4) is 23.0 Å². The van der Waals surface area contributed by atoms with Gasteiger partial charge >= 0.3 is 0 Å². The summed E-state index contributed by atoms with van der Waals surface area (Å²) in [6.45, 7) is 0. The number of rotatable bonds is 7. The number of hydrogen-bond donors (Lipinski definition) is 0. The van der Waals surface area contributed by atoms with E-state index in [1.807, 2.05) is 36.4 Å². The van der Waals surface area contributed by atoms with Crippen LogP contribution >= 0.6 is 0 Å². The summed E-state index contributed by atoms with van der Waals surface area (Å²) in [5, 5.41) is 0. The van der Waals surface area contributed by atoms with Gasteiger partial charge in [-0.25, -0.2) is 0 Å². The summed E-state index contributed by atoms with van der Waals surface area (Å²) >= 11 is 0. The predicted molar refractivity (Wildman–Crippen MR) is 93.2 cm³/mol. The molecular weight excluding hydrogens is 308 g/mol. The number of methoxy groups -OCH3 is 5. The molecule has 0 unspecified atom stereocenters. The van der Waals surface area contributed by atoms with Crippen LogP contribution in [0.5, 0.6) is 23.0 Å². The third kappa shape index (κ3) is 3.74. The molecular formula is C19H22O5. The summed E-state index contributed by atoms with van der Waals surface area (Å²) < 4.78 is 26.7. The van der Waals surface area contributed by atoms with E-state index in [2.05, 4.69) is 0 Å². The van der Waals surface area contributed by atoms with Crippen LogP contribution in [-0.4, -0.2) is 35.5 Å². The molecule has 0 heterocycles. The maximum atomic E-state index is 5.39. The van der Waals surface area contributed by atoms with E-state index in [0.29, 0.717) is 23.0 Å². The van der Waals surface area contributed by atoms with Crippen LogP contribution in [0.2, 0.25) is 0 Å². The Morgan fingerprint density at radius 2 is 1.29 bits per heavy atom. The van der Waals surface area contributed by atoms with Crippen molar-refractivity contribution in [2.75, 3.05) is 35.5 Å². The minimum Gasteiger partial charge on any atom is -0.504 e. The summed E-state index contributed by atoms with van der Waals surface area (Å²) in [6, 6.07) is 11.4. The fourth-order valence-corrected chi connectivity index (χ4v) is 2.39. The quantitative estimate of drug-likeness (QED) is 0.724. The molecule has 0 bridgehead atoms. The molecule has 0 fully saturated rings. The first-order valence-electron chi connectivity index (χ1n) is 7.35. The molecule has 128 valence electrons. The lowest BCUT2D eigenvalue weighted by Gasteiger charge is -2.14. The van der Waals surface area contributed by atoms with Gasteiger partial charge in [-0.05, 0) is 35.4 Å². The molecule has 5 nitrogen and oxygen atoms in total. The minimum atomic E-state index is 0.645. The second-order valence-electron chi connectivity index (χ2n) is 4.94. The molecule has 2 rings (SSSR count). The number of benzene rings is 2. The average molecular weight is 330 g/mol. The Balaban J connectivity index is 2.57. The van der Waals surface area contributed by atoms with Crippen molar-refractivity contribution in [2.24, 2.45) is 0 Å². The Morgan fingerprint density at radius 3 is 1.79 bits per heavy atom. The lowest BCUT2D eigenvalue weighted by Crippen LogP contribution is -1.96. The van der Waals surface area contributed by atoms with Gasteiger partial charge in [-0.2, -0.15) is 0 Å². The van der Waals surface area contributed by atoms with Crippen LogP contribution in [0.1, 0.15) is 11.1 Å². The number of ether oxygens (including phenoxy) is 5. The standard InChI is InChI=1S/C19H22O5/c1-20-12-17(13-6-7-18(23-4)19(10-13)24-5)14-8-15(21-2)11-16(9-14)22-3/h6-12H,1-5H3/b17-12+. The van der Waals surface area contributed by atoms with Gasteiger partial charge in [-0.15, -0.1) is 0 Å². The van der Waals surface area contributed by atoms with Crippen LogP contribution in [0.25, 0.3) is 5.57 Å². The Labute approximate surface area is 142 Å². The highest BCUT2D eigenvalue weighted by molar-refractivity contribution is 5.81. The van der Waals surface area contributed by atoms with Gasteiger partial charge in [0.1, 0.15) is 11.5 Å². The first kappa shape index (κ1) is 17.5. The van der Waals surface area contributed by atoms with E-state index in [9.17, 15) is 0 Å². The summed E-state index contributed by atoms with van der Waals surface area (Å²) in [4.78, 5) is 0. The van der Waals surface area contributed by atoms with Gasteiger partial charge < -0.3 is 23.7 Å². The summed E-state index contributed by atoms with van der Waals surface area (Å²) in [7, 11) is 8.06. The van der Waals surface area contributed by atoms with Gasteiger partial charge in [-0.3, -0.25) is 0 Å². The molecule has 0 aliphatic carbocycles. The fraction of sp³-hybridized carbons (Fsp3) is 0.263. The molecule has 0 atom stereocenters. The minimum absolute atomic E-state index is 0.645. The maximum absolute atomic E-state index is 5.39. The van der Waals surface area contributed by atoms with Crippen molar-refractivity contribution in [3.05, 3.63) is 53.8 Å². The fourth-order valence-electron chi connectivity index (χ4n) is 2.39. The number of hydrogen-bond acceptors (Lipinski definition) is 5. The lowest BCUT2D eigenvalue weighted by molar-refractivity contribution is 0.339. The molecule has 0 aliphatic rings. The molecule has 0 aromatic heterocycles. The average Bonchev–Trinajstić information content (AvgIpc) is 2.64. The van der Waals surface area contributed by atoms with Crippen LogP contribution in [0.15, 0.2) is 42.7 Å². The van der Waals surface area contributed by atoms with E-state index < -0.39 is 0 Å². The van der Waals surface area contributed by atoms with E-state index in [-0.39, 0.29) is 0 Å². The molecule has 0 saturated heterocycles. The molecule has 2 aromatic rings. The third-order valence-electron chi connectivity index (χ3n) is 3.59. The SMILES string of the molecule is CO/C=C(/c1cc(OC)cc(OC)c1)c1ccc(OC)c(OC)c1. The zero-order valence-electron chi connectivity index (χ0n) is 14.6. The topological polar surface area (TPSA) is 46.2 Å².